The molecule has 6 rings (SSSR count). The van der Waals surface area contributed by atoms with Crippen molar-refractivity contribution in [1.82, 2.24) is 4.90 Å². The molecule has 2 N–H and O–H groups in total. The van der Waals surface area contributed by atoms with Crippen molar-refractivity contribution in [3.63, 3.8) is 0 Å². The fourth-order valence-corrected chi connectivity index (χ4v) is 11.6. The van der Waals surface area contributed by atoms with Crippen LogP contribution in [0.5, 0.6) is 0 Å². The number of sulfone groups is 1. The van der Waals surface area contributed by atoms with E-state index in [1.807, 2.05) is 6.92 Å². The highest BCUT2D eigenvalue weighted by atomic mass is 35.5. The molecule has 2 aliphatic heterocycles. The zero-order chi connectivity index (χ0) is 40.1. The molecule has 16 heteroatoms. The van der Waals surface area contributed by atoms with Gasteiger partial charge >= 0.3 is 11.9 Å². The van der Waals surface area contributed by atoms with E-state index in [0.29, 0.717) is 52.3 Å². The average molecular weight is 862 g/mol. The van der Waals surface area contributed by atoms with E-state index >= 15 is 0 Å². The van der Waals surface area contributed by atoms with Gasteiger partial charge in [-0.15, -0.1) is 0 Å². The number of esters is 2. The second-order valence-corrected chi connectivity index (χ2v) is 19.6. The summed E-state index contributed by atoms with van der Waals surface area (Å²) in [6.07, 6.45) is 4.43. The quantitative estimate of drug-likeness (QED) is 0.0910. The van der Waals surface area contributed by atoms with Crippen LogP contribution in [0.2, 0.25) is 10.0 Å². The van der Waals surface area contributed by atoms with Crippen LogP contribution >= 0.6 is 44.8 Å². The molecular weight excluding hydrogens is 820 g/mol. The van der Waals surface area contributed by atoms with Crippen LogP contribution in [-0.2, 0) is 41.7 Å². The summed E-state index contributed by atoms with van der Waals surface area (Å²) in [6.45, 7) is 2.18. The Balaban J connectivity index is 1.47. The minimum absolute atomic E-state index is 0.0174. The van der Waals surface area contributed by atoms with Crippen molar-refractivity contribution in [3.8, 4) is 0 Å². The van der Waals surface area contributed by atoms with Gasteiger partial charge in [0.1, 0.15) is 11.7 Å². The predicted octanol–water partition coefficient (Wildman–Crippen LogP) is 8.03. The molecule has 2 unspecified atom stereocenters. The van der Waals surface area contributed by atoms with Crippen LogP contribution in [0, 0.1) is 5.92 Å². The first kappa shape index (κ1) is 41.9. The maximum Gasteiger partial charge on any atom is 0.312 e. The lowest BCUT2D eigenvalue weighted by Gasteiger charge is -2.42. The maximum atomic E-state index is 14.9. The molecule has 56 heavy (non-hydrogen) atoms. The second-order valence-electron chi connectivity index (χ2n) is 14.0. The number of rotatable bonds is 15. The van der Waals surface area contributed by atoms with E-state index in [2.05, 4.69) is 0 Å². The number of halogens is 2. The average Bonchev–Trinajstić information content (AvgIpc) is 3.86. The zero-order valence-electron chi connectivity index (χ0n) is 30.8. The van der Waals surface area contributed by atoms with Crippen molar-refractivity contribution in [1.29, 1.82) is 0 Å². The van der Waals surface area contributed by atoms with E-state index in [1.165, 1.54) is 24.5 Å². The van der Waals surface area contributed by atoms with Crippen LogP contribution in [0.15, 0.2) is 70.2 Å². The molecule has 3 aromatic carbocycles. The number of carbonyl (C=O) groups is 4. The zero-order valence-corrected chi connectivity index (χ0v) is 34.8. The molecule has 0 spiro atoms. The smallest absolute Gasteiger partial charge is 0.312 e. The van der Waals surface area contributed by atoms with Crippen LogP contribution in [0.3, 0.4) is 0 Å². The van der Waals surface area contributed by atoms with Crippen molar-refractivity contribution in [2.75, 3.05) is 25.2 Å². The number of furan rings is 1. The van der Waals surface area contributed by atoms with Gasteiger partial charge in [-0.25, -0.2) is 8.42 Å². The molecule has 1 fully saturated rings. The number of nitrogens with two attached hydrogens (primary N) is 1. The molecule has 0 saturated carbocycles. The first-order valence-corrected chi connectivity index (χ1v) is 23.3. The lowest BCUT2D eigenvalue weighted by molar-refractivity contribution is -0.161. The minimum Gasteiger partial charge on any atom is -0.466 e. The van der Waals surface area contributed by atoms with Gasteiger partial charge in [0.15, 0.2) is 9.84 Å². The van der Waals surface area contributed by atoms with Crippen LogP contribution in [0.4, 0.5) is 0 Å². The van der Waals surface area contributed by atoms with Gasteiger partial charge in [0.05, 0.1) is 51.8 Å². The summed E-state index contributed by atoms with van der Waals surface area (Å²) in [6, 6.07) is 13.5. The Morgan fingerprint density at radius 2 is 1.89 bits per heavy atom. The van der Waals surface area contributed by atoms with E-state index in [9.17, 15) is 27.6 Å². The Labute approximate surface area is 343 Å². The number of primary amides is 1. The van der Waals surface area contributed by atoms with E-state index in [-0.39, 0.29) is 52.9 Å². The molecule has 1 aromatic heterocycles. The number of fused-ring (bicyclic) bond motifs is 2. The maximum absolute atomic E-state index is 14.9. The first-order chi connectivity index (χ1) is 26.7. The van der Waals surface area contributed by atoms with Gasteiger partial charge in [0, 0.05) is 34.8 Å². The van der Waals surface area contributed by atoms with Crippen molar-refractivity contribution in [2.45, 2.75) is 74.2 Å². The van der Waals surface area contributed by atoms with Crippen molar-refractivity contribution in [2.24, 2.45) is 11.7 Å². The Morgan fingerprint density at radius 3 is 2.61 bits per heavy atom. The number of nitrogens with zero attached hydrogens (tertiary/aromatic N) is 1. The Kier molecular flexibility index (Phi) is 13.7. The van der Waals surface area contributed by atoms with Gasteiger partial charge in [-0.3, -0.25) is 19.2 Å². The fourth-order valence-electron chi connectivity index (χ4n) is 7.21. The molecule has 0 radical (unpaired) electrons. The fraction of sp³-hybridized carbons (Fsp3) is 0.400. The highest BCUT2D eigenvalue weighted by Gasteiger charge is 2.43. The summed E-state index contributed by atoms with van der Waals surface area (Å²) >= 11 is 13.5. The Morgan fingerprint density at radius 1 is 1.09 bits per heavy atom. The van der Waals surface area contributed by atoms with Gasteiger partial charge in [-0.2, -0.15) is 0 Å². The topological polar surface area (TPSA) is 163 Å². The summed E-state index contributed by atoms with van der Waals surface area (Å²) in [5.41, 5.74) is 7.76. The van der Waals surface area contributed by atoms with Gasteiger partial charge in [0.2, 0.25) is 0 Å². The molecule has 3 heterocycles. The summed E-state index contributed by atoms with van der Waals surface area (Å²) in [7, 11) is -0.0771. The number of ether oxygens (including phenoxy) is 2. The second kappa shape index (κ2) is 18.3. The van der Waals surface area contributed by atoms with Crippen LogP contribution < -0.4 is 5.73 Å². The lowest BCUT2D eigenvalue weighted by Crippen LogP contribution is -2.47. The molecule has 298 valence electrons. The molecule has 11 nitrogen and oxygen atoms in total. The third kappa shape index (κ3) is 9.70. The third-order valence-corrected chi connectivity index (χ3v) is 14.8. The van der Waals surface area contributed by atoms with Gasteiger partial charge in [-0.1, -0.05) is 69.9 Å². The largest absolute Gasteiger partial charge is 0.466 e. The molecule has 0 aliphatic carbocycles. The SMILES string of the molecule is CCCOC(=O)CC(CC[C@@H]1CCSS1)OC(=O)[C@@H](Cc1cccc(S(C)(=O)=O)c1)C1c2cc(Cl)c(C(N)=O)c(Cl)c2CCN1C(=O)c1ccc2ccoc2c1. The minimum atomic E-state index is -3.63. The normalized spacial score (nSPS) is 18.0. The number of amides is 2. The molecule has 2 amide bonds. The van der Waals surface area contributed by atoms with E-state index < -0.39 is 51.7 Å². The monoisotopic (exact) mass is 860 g/mol. The molecule has 4 atom stereocenters. The summed E-state index contributed by atoms with van der Waals surface area (Å²) in [5.74, 6) is -2.66. The Hall–Kier alpha value is -3.69. The van der Waals surface area contributed by atoms with Crippen LogP contribution in [0.1, 0.15) is 82.5 Å². The highest BCUT2D eigenvalue weighted by Crippen LogP contribution is 2.45. The molecule has 1 saturated heterocycles. The van der Waals surface area contributed by atoms with Crippen molar-refractivity contribution in [3.05, 3.63) is 98.7 Å². The summed E-state index contributed by atoms with van der Waals surface area (Å²) in [5, 5.41) is 1.08. The lowest BCUT2D eigenvalue weighted by atomic mass is 9.80. The van der Waals surface area contributed by atoms with Gasteiger partial charge in [-0.05, 0) is 91.6 Å². The van der Waals surface area contributed by atoms with Gasteiger partial charge in [0.25, 0.3) is 11.8 Å². The van der Waals surface area contributed by atoms with Crippen molar-refractivity contribution < 1.29 is 41.5 Å². The highest BCUT2D eigenvalue weighted by molar-refractivity contribution is 8.77. The van der Waals surface area contributed by atoms with E-state index in [4.69, 9.17) is 42.8 Å². The number of hydrogen-bond donors (Lipinski definition) is 1. The first-order valence-electron chi connectivity index (χ1n) is 18.3. The van der Waals surface area contributed by atoms with E-state index in [1.54, 1.807) is 62.9 Å². The number of benzene rings is 3. The third-order valence-electron chi connectivity index (χ3n) is 9.97. The Bertz CT molecular complexity index is 2240. The van der Waals surface area contributed by atoms with Crippen LogP contribution in [0.25, 0.3) is 11.0 Å². The van der Waals surface area contributed by atoms with Crippen molar-refractivity contribution >= 4 is 89.3 Å². The summed E-state index contributed by atoms with van der Waals surface area (Å²) < 4.78 is 42.6. The number of hydrogen-bond acceptors (Lipinski definition) is 11. The molecular formula is C40H42Cl2N2O9S3. The molecule has 2 aliphatic rings. The standard InChI is InChI=1S/C40H42Cl2N2O9S3/c1-3-15-52-34(45)21-26(9-10-27-13-17-54-55-27)53-40(48)31(19-23-5-4-6-28(18-23)56(2,49)50)37-30-22-32(41)35(38(43)46)36(42)29(30)11-14-44(37)39(47)25-8-7-24-12-16-51-33(24)20-25/h4-8,12,16,18,20,22,26-27,31,37H,3,9-11,13-15,17,19,21H2,1-2H3,(H2,43,46)/t26?,27-,31+,37?/m1/s1. The molecule has 4 aromatic rings. The molecule has 0 bridgehead atoms. The summed E-state index contributed by atoms with van der Waals surface area (Å²) in [4.78, 5) is 56.7. The van der Waals surface area contributed by atoms with E-state index in [0.717, 1.165) is 23.8 Å². The van der Waals surface area contributed by atoms with Crippen LogP contribution in [-0.4, -0.2) is 73.6 Å². The number of carbonyl (C=O) groups excluding carboxylic acids is 4. The van der Waals surface area contributed by atoms with Gasteiger partial charge < -0.3 is 24.5 Å². The predicted molar refractivity (Wildman–Crippen MR) is 219 cm³/mol.